The second-order valence-corrected chi connectivity index (χ2v) is 3.81. The van der Waals surface area contributed by atoms with Gasteiger partial charge < -0.3 is 15.8 Å². The summed E-state index contributed by atoms with van der Waals surface area (Å²) in [6.45, 7) is 2.02. The zero-order valence-electron chi connectivity index (χ0n) is 10.3. The molecule has 0 radical (unpaired) electrons. The van der Waals surface area contributed by atoms with E-state index in [1.54, 1.807) is 7.11 Å². The number of nitrogen functional groups attached to an aromatic ring is 1. The van der Waals surface area contributed by atoms with Crippen LogP contribution in [0.15, 0.2) is 30.6 Å². The van der Waals surface area contributed by atoms with Crippen LogP contribution in [0, 0.1) is 0 Å². The van der Waals surface area contributed by atoms with Crippen molar-refractivity contribution in [3.05, 3.63) is 36.2 Å². The van der Waals surface area contributed by atoms with Crippen LogP contribution in [0.1, 0.15) is 18.5 Å². The summed E-state index contributed by atoms with van der Waals surface area (Å²) in [5.41, 5.74) is 6.60. The average Bonchev–Trinajstić information content (AvgIpc) is 2.39. The van der Waals surface area contributed by atoms with Crippen molar-refractivity contribution in [1.82, 2.24) is 15.0 Å². The third-order valence-electron chi connectivity index (χ3n) is 2.55. The monoisotopic (exact) mass is 245 g/mol. The highest BCUT2D eigenvalue weighted by Gasteiger charge is 2.07. The van der Waals surface area contributed by atoms with Gasteiger partial charge in [0.1, 0.15) is 12.1 Å². The van der Waals surface area contributed by atoms with Crippen LogP contribution in [0.5, 0.6) is 5.75 Å². The Hall–Kier alpha value is -2.37. The van der Waals surface area contributed by atoms with Crippen molar-refractivity contribution in [3.8, 4) is 5.75 Å². The third-order valence-corrected chi connectivity index (χ3v) is 2.55. The van der Waals surface area contributed by atoms with Gasteiger partial charge in [-0.05, 0) is 24.6 Å². The molecule has 1 unspecified atom stereocenters. The maximum absolute atomic E-state index is 5.49. The van der Waals surface area contributed by atoms with E-state index in [4.69, 9.17) is 10.5 Å². The summed E-state index contributed by atoms with van der Waals surface area (Å²) in [5.74, 6) is 1.50. The molecule has 1 aromatic heterocycles. The second kappa shape index (κ2) is 5.31. The van der Waals surface area contributed by atoms with Gasteiger partial charge in [-0.3, -0.25) is 0 Å². The van der Waals surface area contributed by atoms with Gasteiger partial charge >= 0.3 is 0 Å². The van der Waals surface area contributed by atoms with Gasteiger partial charge in [0.25, 0.3) is 0 Å². The fourth-order valence-corrected chi connectivity index (χ4v) is 1.55. The molecule has 0 saturated carbocycles. The number of nitrogens with two attached hydrogens (primary N) is 1. The number of aromatic nitrogens is 3. The molecule has 6 nitrogen and oxygen atoms in total. The van der Waals surface area contributed by atoms with Gasteiger partial charge in [0, 0.05) is 0 Å². The lowest BCUT2D eigenvalue weighted by Gasteiger charge is -2.14. The molecule has 0 spiro atoms. The van der Waals surface area contributed by atoms with E-state index in [1.165, 1.54) is 6.33 Å². The van der Waals surface area contributed by atoms with Crippen LogP contribution in [-0.4, -0.2) is 22.1 Å². The molecule has 0 bridgehead atoms. The van der Waals surface area contributed by atoms with Crippen molar-refractivity contribution in [3.63, 3.8) is 0 Å². The number of rotatable bonds is 4. The molecule has 0 aliphatic rings. The maximum atomic E-state index is 5.49. The zero-order chi connectivity index (χ0) is 13.0. The molecule has 2 aromatic rings. The average molecular weight is 245 g/mol. The maximum Gasteiger partial charge on any atom is 0.227 e. The molecule has 1 heterocycles. The molecule has 1 atom stereocenters. The Morgan fingerprint density at radius 1 is 1.22 bits per heavy atom. The summed E-state index contributed by atoms with van der Waals surface area (Å²) in [7, 11) is 1.64. The van der Waals surface area contributed by atoms with Gasteiger partial charge in [0.15, 0.2) is 0 Å². The second-order valence-electron chi connectivity index (χ2n) is 3.81. The van der Waals surface area contributed by atoms with Crippen LogP contribution >= 0.6 is 0 Å². The topological polar surface area (TPSA) is 86.0 Å². The highest BCUT2D eigenvalue weighted by atomic mass is 16.5. The van der Waals surface area contributed by atoms with E-state index in [9.17, 15) is 0 Å². The van der Waals surface area contributed by atoms with E-state index in [0.29, 0.717) is 5.95 Å². The highest BCUT2D eigenvalue weighted by Crippen LogP contribution is 2.19. The normalized spacial score (nSPS) is 11.9. The molecule has 0 fully saturated rings. The van der Waals surface area contributed by atoms with Crippen molar-refractivity contribution in [2.75, 3.05) is 18.2 Å². The van der Waals surface area contributed by atoms with E-state index < -0.39 is 0 Å². The van der Waals surface area contributed by atoms with E-state index in [-0.39, 0.29) is 12.0 Å². The summed E-state index contributed by atoms with van der Waals surface area (Å²) < 4.78 is 5.11. The number of ether oxygens (including phenoxy) is 1. The first-order valence-corrected chi connectivity index (χ1v) is 5.54. The fraction of sp³-hybridized carbons (Fsp3) is 0.250. The predicted octanol–water partition coefficient (Wildman–Crippen LogP) is 1.64. The van der Waals surface area contributed by atoms with Gasteiger partial charge in [0.05, 0.1) is 13.2 Å². The van der Waals surface area contributed by atoms with Gasteiger partial charge in [0.2, 0.25) is 11.9 Å². The molecule has 18 heavy (non-hydrogen) atoms. The summed E-state index contributed by atoms with van der Waals surface area (Å²) in [5, 5.41) is 3.15. The quantitative estimate of drug-likeness (QED) is 0.851. The number of hydrogen-bond acceptors (Lipinski definition) is 6. The summed E-state index contributed by atoms with van der Waals surface area (Å²) >= 11 is 0. The molecule has 2 rings (SSSR count). The lowest BCUT2D eigenvalue weighted by molar-refractivity contribution is 0.414. The van der Waals surface area contributed by atoms with E-state index >= 15 is 0 Å². The molecule has 0 aliphatic heterocycles. The number of nitrogens with zero attached hydrogens (tertiary/aromatic N) is 3. The minimum absolute atomic E-state index is 0.0673. The van der Waals surface area contributed by atoms with Crippen LogP contribution in [0.4, 0.5) is 11.9 Å². The van der Waals surface area contributed by atoms with Crippen molar-refractivity contribution >= 4 is 11.9 Å². The predicted molar refractivity (Wildman–Crippen MR) is 69.3 cm³/mol. The molecule has 3 N–H and O–H groups in total. The minimum Gasteiger partial charge on any atom is -0.497 e. The number of methoxy groups -OCH3 is 1. The Labute approximate surface area is 105 Å². The number of nitrogens with one attached hydrogen (secondary N) is 1. The van der Waals surface area contributed by atoms with Crippen LogP contribution in [0.3, 0.4) is 0 Å². The summed E-state index contributed by atoms with van der Waals surface area (Å²) in [6, 6.07) is 7.87. The van der Waals surface area contributed by atoms with E-state index in [2.05, 4.69) is 20.3 Å². The molecule has 0 aliphatic carbocycles. The van der Waals surface area contributed by atoms with Crippen LogP contribution < -0.4 is 15.8 Å². The lowest BCUT2D eigenvalue weighted by Crippen LogP contribution is -2.10. The molecule has 94 valence electrons. The van der Waals surface area contributed by atoms with Gasteiger partial charge in [-0.25, -0.2) is 9.97 Å². The Morgan fingerprint density at radius 3 is 2.56 bits per heavy atom. The molecular weight excluding hydrogens is 230 g/mol. The van der Waals surface area contributed by atoms with E-state index in [1.807, 2.05) is 31.2 Å². The summed E-state index contributed by atoms with van der Waals surface area (Å²) in [6.07, 6.45) is 1.38. The van der Waals surface area contributed by atoms with Gasteiger partial charge in [-0.1, -0.05) is 12.1 Å². The van der Waals surface area contributed by atoms with Crippen LogP contribution in [0.25, 0.3) is 0 Å². The van der Waals surface area contributed by atoms with E-state index in [0.717, 1.165) is 11.3 Å². The lowest BCUT2D eigenvalue weighted by atomic mass is 10.1. The zero-order valence-corrected chi connectivity index (χ0v) is 10.3. The van der Waals surface area contributed by atoms with Crippen molar-refractivity contribution < 1.29 is 4.74 Å². The molecule has 0 amide bonds. The summed E-state index contributed by atoms with van der Waals surface area (Å²) in [4.78, 5) is 11.7. The van der Waals surface area contributed by atoms with Crippen LogP contribution in [0.2, 0.25) is 0 Å². The Bertz CT molecular complexity index is 514. The molecular formula is C12H15N5O. The fourth-order valence-electron chi connectivity index (χ4n) is 1.55. The first-order valence-electron chi connectivity index (χ1n) is 5.54. The molecule has 1 aromatic carbocycles. The smallest absolute Gasteiger partial charge is 0.227 e. The molecule has 0 saturated heterocycles. The third kappa shape index (κ3) is 2.85. The first-order chi connectivity index (χ1) is 8.69. The van der Waals surface area contributed by atoms with Crippen molar-refractivity contribution in [2.24, 2.45) is 0 Å². The Balaban J connectivity index is 2.09. The number of benzene rings is 1. The first kappa shape index (κ1) is 12.1. The SMILES string of the molecule is COc1ccc(C(C)Nc2ncnc(N)n2)cc1. The van der Waals surface area contributed by atoms with Gasteiger partial charge in [-0.15, -0.1) is 0 Å². The largest absolute Gasteiger partial charge is 0.497 e. The number of anilines is 2. The Kier molecular flexibility index (Phi) is 3.57. The standard InChI is InChI=1S/C12H15N5O/c1-8(9-3-5-10(18-2)6-4-9)16-12-15-7-14-11(13)17-12/h3-8H,1-2H3,(H3,13,14,15,16,17). The Morgan fingerprint density at radius 2 is 1.94 bits per heavy atom. The van der Waals surface area contributed by atoms with Crippen molar-refractivity contribution in [1.29, 1.82) is 0 Å². The highest BCUT2D eigenvalue weighted by molar-refractivity contribution is 5.36. The van der Waals surface area contributed by atoms with Crippen molar-refractivity contribution in [2.45, 2.75) is 13.0 Å². The number of hydrogen-bond donors (Lipinski definition) is 2. The minimum atomic E-state index is 0.0673. The van der Waals surface area contributed by atoms with Gasteiger partial charge in [-0.2, -0.15) is 4.98 Å². The molecule has 6 heteroatoms. The van der Waals surface area contributed by atoms with Crippen LogP contribution in [-0.2, 0) is 0 Å².